The molecule has 0 radical (unpaired) electrons. The number of nitrogens with zero attached hydrogens (tertiary/aromatic N) is 3. The van der Waals surface area contributed by atoms with E-state index in [-0.39, 0.29) is 0 Å². The third kappa shape index (κ3) is 3.16. The number of nitriles is 1. The lowest BCUT2D eigenvalue weighted by molar-refractivity contribution is 0.00686. The third-order valence-corrected chi connectivity index (χ3v) is 5.00. The topological polar surface area (TPSA) is 100 Å². The van der Waals surface area contributed by atoms with Crippen LogP contribution in [0.25, 0.3) is 0 Å². The maximum atomic E-state index is 11.4. The van der Waals surface area contributed by atoms with Crippen LogP contribution in [0.1, 0.15) is 52.8 Å². The quantitative estimate of drug-likeness (QED) is 0.469. The Labute approximate surface area is 153 Å². The van der Waals surface area contributed by atoms with Gasteiger partial charge in [-0.1, -0.05) is 0 Å². The highest BCUT2D eigenvalue weighted by Crippen LogP contribution is 2.39. The molecule has 2 unspecified atom stereocenters. The number of hydrogen-bond acceptors (Lipinski definition) is 6. The molecule has 0 amide bonds. The first-order chi connectivity index (χ1) is 12.2. The second-order valence-corrected chi connectivity index (χ2v) is 6.56. The molecule has 26 heavy (non-hydrogen) atoms. The lowest BCUT2D eigenvalue weighted by atomic mass is 9.84. The fraction of sp³-hybridized carbons (Fsp3) is 0.421. The van der Waals surface area contributed by atoms with E-state index in [0.717, 1.165) is 17.0 Å². The number of aliphatic hydroxyl groups is 1. The largest absolute Gasteiger partial charge is 0.496 e. The minimum atomic E-state index is -1.32. The van der Waals surface area contributed by atoms with E-state index < -0.39 is 11.6 Å². The Kier molecular flexibility index (Phi) is 5.38. The fourth-order valence-electron chi connectivity index (χ4n) is 3.23. The van der Waals surface area contributed by atoms with E-state index in [1.54, 1.807) is 23.6 Å². The number of rotatable bonds is 6. The van der Waals surface area contributed by atoms with E-state index in [1.807, 2.05) is 33.9 Å². The van der Waals surface area contributed by atoms with Crippen LogP contribution in [0.2, 0.25) is 0 Å². The fourth-order valence-corrected chi connectivity index (χ4v) is 3.23. The smallest absolute Gasteiger partial charge is 0.217 e. The number of imidazole rings is 1. The molecule has 0 fully saturated rings. The van der Waals surface area contributed by atoms with Crippen molar-refractivity contribution < 1.29 is 14.6 Å². The minimum Gasteiger partial charge on any atom is -0.496 e. The Hall–Kier alpha value is -2.85. The molecule has 2 atom stereocenters. The standard InChI is InChI=1S/C19H24N4O3/c1-11-7-17(26-6)15(9-24)8-16(11)19(5,25)14(4)23-13(3)12(2)22-18(23)21-10-20/h7-9,14,25H,1-6H3,(H,21,22). The Morgan fingerprint density at radius 2 is 2.08 bits per heavy atom. The van der Waals surface area contributed by atoms with Crippen molar-refractivity contribution in [3.05, 3.63) is 40.2 Å². The van der Waals surface area contributed by atoms with Crippen molar-refractivity contribution in [2.45, 2.75) is 46.3 Å². The zero-order valence-corrected chi connectivity index (χ0v) is 15.9. The van der Waals surface area contributed by atoms with Crippen LogP contribution in [-0.2, 0) is 5.60 Å². The maximum Gasteiger partial charge on any atom is 0.217 e. The summed E-state index contributed by atoms with van der Waals surface area (Å²) in [5, 5.41) is 22.9. The molecule has 1 heterocycles. The molecule has 0 spiro atoms. The van der Waals surface area contributed by atoms with Crippen molar-refractivity contribution in [1.29, 1.82) is 5.26 Å². The summed E-state index contributed by atoms with van der Waals surface area (Å²) in [6.07, 6.45) is 2.58. The van der Waals surface area contributed by atoms with Crippen molar-refractivity contribution in [3.63, 3.8) is 0 Å². The molecular weight excluding hydrogens is 332 g/mol. The van der Waals surface area contributed by atoms with Gasteiger partial charge in [-0.15, -0.1) is 0 Å². The van der Waals surface area contributed by atoms with Crippen molar-refractivity contribution in [1.82, 2.24) is 9.55 Å². The summed E-state index contributed by atoms with van der Waals surface area (Å²) in [6, 6.07) is 2.93. The van der Waals surface area contributed by atoms with Gasteiger partial charge in [0.05, 0.1) is 24.4 Å². The molecule has 0 aliphatic rings. The first-order valence-corrected chi connectivity index (χ1v) is 8.26. The van der Waals surface area contributed by atoms with E-state index in [0.29, 0.717) is 29.1 Å². The number of aromatic nitrogens is 2. The van der Waals surface area contributed by atoms with Crippen LogP contribution in [-0.4, -0.2) is 28.1 Å². The molecule has 1 aromatic carbocycles. The lowest BCUT2D eigenvalue weighted by Gasteiger charge is -2.34. The number of aryl methyl sites for hydroxylation is 2. The van der Waals surface area contributed by atoms with Crippen LogP contribution in [0, 0.1) is 32.2 Å². The second-order valence-electron chi connectivity index (χ2n) is 6.56. The molecule has 7 nitrogen and oxygen atoms in total. The molecule has 0 bridgehead atoms. The Morgan fingerprint density at radius 1 is 1.42 bits per heavy atom. The van der Waals surface area contributed by atoms with E-state index in [9.17, 15) is 9.90 Å². The van der Waals surface area contributed by atoms with Gasteiger partial charge in [-0.05, 0) is 57.9 Å². The highest BCUT2D eigenvalue weighted by Gasteiger charge is 2.36. The van der Waals surface area contributed by atoms with Gasteiger partial charge in [-0.25, -0.2) is 4.98 Å². The molecule has 0 aliphatic carbocycles. The molecular formula is C19H24N4O3. The van der Waals surface area contributed by atoms with Gasteiger partial charge in [0, 0.05) is 5.69 Å². The predicted octanol–water partition coefficient (Wildman–Crippen LogP) is 2.99. The number of hydrogen-bond donors (Lipinski definition) is 2. The average molecular weight is 356 g/mol. The number of anilines is 1. The zero-order valence-electron chi connectivity index (χ0n) is 15.9. The van der Waals surface area contributed by atoms with Crippen LogP contribution >= 0.6 is 0 Å². The van der Waals surface area contributed by atoms with Gasteiger partial charge in [0.1, 0.15) is 11.4 Å². The van der Waals surface area contributed by atoms with Crippen LogP contribution in [0.15, 0.2) is 12.1 Å². The van der Waals surface area contributed by atoms with E-state index in [2.05, 4.69) is 10.3 Å². The number of ether oxygens (including phenoxy) is 1. The number of aldehydes is 1. The Balaban J connectivity index is 2.61. The molecule has 0 aliphatic heterocycles. The highest BCUT2D eigenvalue weighted by atomic mass is 16.5. The molecule has 0 saturated heterocycles. The molecule has 2 aromatic rings. The molecule has 7 heteroatoms. The highest BCUT2D eigenvalue weighted by molar-refractivity contribution is 5.80. The number of nitrogens with one attached hydrogen (secondary N) is 1. The normalized spacial score (nSPS) is 14.2. The Bertz CT molecular complexity index is 878. The minimum absolute atomic E-state index is 0.370. The zero-order chi connectivity index (χ0) is 19.6. The van der Waals surface area contributed by atoms with Gasteiger partial charge < -0.3 is 14.4 Å². The summed E-state index contributed by atoms with van der Waals surface area (Å²) in [4.78, 5) is 15.7. The Morgan fingerprint density at radius 3 is 2.62 bits per heavy atom. The summed E-state index contributed by atoms with van der Waals surface area (Å²) < 4.78 is 7.02. The summed E-state index contributed by atoms with van der Waals surface area (Å²) in [5.41, 5.74) is 2.07. The van der Waals surface area contributed by atoms with E-state index >= 15 is 0 Å². The van der Waals surface area contributed by atoms with Gasteiger partial charge in [0.2, 0.25) is 5.95 Å². The first kappa shape index (κ1) is 19.5. The van der Waals surface area contributed by atoms with E-state index in [1.165, 1.54) is 7.11 Å². The molecule has 2 N–H and O–H groups in total. The number of benzene rings is 1. The second kappa shape index (κ2) is 7.18. The summed E-state index contributed by atoms with van der Waals surface area (Å²) in [7, 11) is 1.50. The lowest BCUT2D eigenvalue weighted by Crippen LogP contribution is -2.34. The van der Waals surface area contributed by atoms with Crippen LogP contribution in [0.4, 0.5) is 5.95 Å². The number of carbonyl (C=O) groups excluding carboxylic acids is 1. The molecule has 138 valence electrons. The summed E-state index contributed by atoms with van der Waals surface area (Å²) >= 11 is 0. The summed E-state index contributed by atoms with van der Waals surface area (Å²) in [6.45, 7) is 9.12. The molecule has 2 rings (SSSR count). The van der Waals surface area contributed by atoms with Crippen molar-refractivity contribution in [2.75, 3.05) is 12.4 Å². The monoisotopic (exact) mass is 356 g/mol. The first-order valence-electron chi connectivity index (χ1n) is 8.26. The van der Waals surface area contributed by atoms with Crippen molar-refractivity contribution in [2.24, 2.45) is 0 Å². The van der Waals surface area contributed by atoms with Crippen molar-refractivity contribution >= 4 is 12.2 Å². The van der Waals surface area contributed by atoms with Crippen LogP contribution in [0.5, 0.6) is 5.75 Å². The van der Waals surface area contributed by atoms with Crippen LogP contribution < -0.4 is 10.1 Å². The number of methoxy groups -OCH3 is 1. The number of carbonyl (C=O) groups is 1. The van der Waals surface area contributed by atoms with Gasteiger partial charge in [0.15, 0.2) is 12.5 Å². The van der Waals surface area contributed by atoms with Gasteiger partial charge in [-0.2, -0.15) is 5.26 Å². The third-order valence-electron chi connectivity index (χ3n) is 5.00. The SMILES string of the molecule is COc1cc(C)c(C(C)(O)C(C)n2c(NC#N)nc(C)c2C)cc1C=O. The summed E-state index contributed by atoms with van der Waals surface area (Å²) in [5.74, 6) is 0.836. The maximum absolute atomic E-state index is 11.4. The predicted molar refractivity (Wildman–Crippen MR) is 98.3 cm³/mol. The van der Waals surface area contributed by atoms with Crippen molar-refractivity contribution in [3.8, 4) is 11.9 Å². The average Bonchev–Trinajstić information content (AvgIpc) is 2.87. The molecule has 0 saturated carbocycles. The molecule has 1 aromatic heterocycles. The van der Waals surface area contributed by atoms with E-state index in [4.69, 9.17) is 10.00 Å². The van der Waals surface area contributed by atoms with Gasteiger partial charge >= 0.3 is 0 Å². The van der Waals surface area contributed by atoms with Gasteiger partial charge in [0.25, 0.3) is 0 Å². The van der Waals surface area contributed by atoms with Crippen LogP contribution in [0.3, 0.4) is 0 Å². The van der Waals surface area contributed by atoms with Gasteiger partial charge in [-0.3, -0.25) is 10.1 Å².